The summed E-state index contributed by atoms with van der Waals surface area (Å²) >= 11 is -1.02. The van der Waals surface area contributed by atoms with Gasteiger partial charge in [-0.1, -0.05) is 0 Å². The summed E-state index contributed by atoms with van der Waals surface area (Å²) in [4.78, 5) is 0. The summed E-state index contributed by atoms with van der Waals surface area (Å²) in [6, 6.07) is 0. The van der Waals surface area contributed by atoms with E-state index in [0.717, 1.165) is 4.22 Å². The van der Waals surface area contributed by atoms with E-state index in [1.54, 1.807) is 50.3 Å². The quantitative estimate of drug-likeness (QED) is 0.0419. The van der Waals surface area contributed by atoms with Crippen molar-refractivity contribution in [1.29, 1.82) is 0 Å². The van der Waals surface area contributed by atoms with Gasteiger partial charge < -0.3 is 0 Å². The first-order valence-electron chi connectivity index (χ1n) is 18.0. The summed E-state index contributed by atoms with van der Waals surface area (Å²) in [5.41, 5.74) is 0. The van der Waals surface area contributed by atoms with Crippen molar-refractivity contribution >= 4 is 11.8 Å². The number of hydrogen-bond donors (Lipinski definition) is 0. The fourth-order valence-electron chi connectivity index (χ4n) is 5.94. The zero-order valence-corrected chi connectivity index (χ0v) is 31.1. The van der Waals surface area contributed by atoms with Crippen molar-refractivity contribution in [3.8, 4) is 0 Å². The zero-order chi connectivity index (χ0) is 28.1. The molecule has 0 aliphatic rings. The van der Waals surface area contributed by atoms with Gasteiger partial charge in [-0.15, -0.1) is 0 Å². The fraction of sp³-hybridized carbons (Fsp3) is 1.00. The van der Waals surface area contributed by atoms with Gasteiger partial charge in [-0.3, -0.25) is 0 Å². The summed E-state index contributed by atoms with van der Waals surface area (Å²) < 4.78 is 1.08. The summed E-state index contributed by atoms with van der Waals surface area (Å²) in [7, 11) is 0. The molecule has 38 heavy (non-hydrogen) atoms. The Morgan fingerprint density at radius 3 is 0.763 bits per heavy atom. The first kappa shape index (κ1) is 39.6. The van der Waals surface area contributed by atoms with Crippen molar-refractivity contribution < 1.29 is 16.8 Å². The standard InChI is InChI=1S/2C16H34P.C3H7.Ti/c2*1-3-5-7-9-11-13-15-17-16-14-12-10-8-6-4-2;1-3-2;/h2*3-16H2,1-2H3;3H,1-2H3;/q2*-1;;+2. The number of rotatable bonds is 31. The Bertz CT molecular complexity index is 374. The molecule has 0 saturated carbocycles. The first-order valence-corrected chi connectivity index (χ1v) is 26.5. The van der Waals surface area contributed by atoms with Gasteiger partial charge in [0, 0.05) is 0 Å². The van der Waals surface area contributed by atoms with Crippen molar-refractivity contribution in [2.24, 2.45) is 0 Å². The Kier molecular flexibility index (Phi) is 32.8. The van der Waals surface area contributed by atoms with Crippen molar-refractivity contribution in [1.82, 2.24) is 0 Å². The molecule has 0 nitrogen and oxygen atoms in total. The Morgan fingerprint density at radius 1 is 0.342 bits per heavy atom. The average Bonchev–Trinajstić information content (AvgIpc) is 2.91. The predicted octanol–water partition coefficient (Wildman–Crippen LogP) is 14.7. The fourth-order valence-corrected chi connectivity index (χ4v) is 37.5. The van der Waals surface area contributed by atoms with E-state index < -0.39 is 16.8 Å². The monoisotopic (exact) mass is 605 g/mol. The van der Waals surface area contributed by atoms with Crippen molar-refractivity contribution in [2.75, 3.05) is 24.6 Å². The predicted molar refractivity (Wildman–Crippen MR) is 182 cm³/mol. The molecule has 0 aliphatic carbocycles. The van der Waals surface area contributed by atoms with Gasteiger partial charge in [-0.2, -0.15) is 0 Å². The van der Waals surface area contributed by atoms with Gasteiger partial charge in [0.25, 0.3) is 0 Å². The maximum absolute atomic E-state index is 2.70. The molecule has 229 valence electrons. The van der Waals surface area contributed by atoms with Gasteiger partial charge >= 0.3 is 253 Å². The minimum absolute atomic E-state index is 0.383. The molecule has 0 atom stereocenters. The van der Waals surface area contributed by atoms with Crippen LogP contribution in [0.3, 0.4) is 0 Å². The zero-order valence-electron chi connectivity index (χ0n) is 27.8. The number of unbranched alkanes of at least 4 members (excludes halogenated alkanes) is 20. The number of hydrogen-bond acceptors (Lipinski definition) is 0. The van der Waals surface area contributed by atoms with Crippen LogP contribution in [0.2, 0.25) is 4.22 Å². The molecule has 3 heteroatoms. The van der Waals surface area contributed by atoms with Crippen molar-refractivity contribution in [2.45, 2.75) is 200 Å². The minimum atomic E-state index is -1.02. The summed E-state index contributed by atoms with van der Waals surface area (Å²) in [6.07, 6.45) is 42.5. The molecule has 0 N–H and O–H groups in total. The molecule has 0 spiro atoms. The molecule has 0 amide bonds. The van der Waals surface area contributed by atoms with Crippen molar-refractivity contribution in [3.63, 3.8) is 0 Å². The third-order valence-electron chi connectivity index (χ3n) is 8.29. The molecule has 0 bridgehead atoms. The van der Waals surface area contributed by atoms with Gasteiger partial charge in [-0.05, 0) is 0 Å². The van der Waals surface area contributed by atoms with Gasteiger partial charge in [0.15, 0.2) is 0 Å². The van der Waals surface area contributed by atoms with Crippen LogP contribution in [0, 0.1) is 0 Å². The molecule has 0 rings (SSSR count). The normalized spacial score (nSPS) is 11.9. The van der Waals surface area contributed by atoms with E-state index in [1.807, 2.05) is 0 Å². The first-order chi connectivity index (χ1) is 18.6. The van der Waals surface area contributed by atoms with Crippen molar-refractivity contribution in [3.05, 3.63) is 0 Å². The van der Waals surface area contributed by atoms with Crippen LogP contribution in [-0.4, -0.2) is 24.6 Å². The Labute approximate surface area is 252 Å². The second-order valence-electron chi connectivity index (χ2n) is 12.6. The summed E-state index contributed by atoms with van der Waals surface area (Å²) in [5, 5.41) is 0. The molecule has 0 aromatic heterocycles. The topological polar surface area (TPSA) is 0 Å². The molecule has 0 heterocycles. The van der Waals surface area contributed by atoms with E-state index in [9.17, 15) is 0 Å². The second kappa shape index (κ2) is 31.5. The van der Waals surface area contributed by atoms with Crippen LogP contribution in [0.15, 0.2) is 0 Å². The Hall–Kier alpha value is 1.57. The Balaban J connectivity index is 5.18. The van der Waals surface area contributed by atoms with E-state index in [4.69, 9.17) is 0 Å². The van der Waals surface area contributed by atoms with Crippen LogP contribution in [-0.2, 0) is 16.8 Å². The average molecular weight is 606 g/mol. The van der Waals surface area contributed by atoms with Crippen LogP contribution >= 0.6 is 11.8 Å². The third-order valence-corrected chi connectivity index (χ3v) is 36.1. The summed E-state index contributed by atoms with van der Waals surface area (Å²) in [6.45, 7) is 14.8. The molecular formula is C35H75P2Ti. The molecular weight excluding hydrogens is 530 g/mol. The van der Waals surface area contributed by atoms with Crippen LogP contribution in [0.4, 0.5) is 0 Å². The molecule has 0 unspecified atom stereocenters. The second-order valence-corrected chi connectivity index (χ2v) is 30.8. The van der Waals surface area contributed by atoms with E-state index in [1.165, 1.54) is 128 Å². The van der Waals surface area contributed by atoms with Crippen LogP contribution in [0.1, 0.15) is 196 Å². The maximum atomic E-state index is 2.70. The van der Waals surface area contributed by atoms with Gasteiger partial charge in [0.05, 0.1) is 0 Å². The molecule has 0 radical (unpaired) electrons. The third kappa shape index (κ3) is 24.2. The summed E-state index contributed by atoms with van der Waals surface area (Å²) in [5.74, 6) is 0.766. The molecule has 0 aromatic rings. The van der Waals surface area contributed by atoms with Gasteiger partial charge in [0.2, 0.25) is 0 Å². The Morgan fingerprint density at radius 2 is 0.553 bits per heavy atom. The van der Waals surface area contributed by atoms with Gasteiger partial charge in [-0.25, -0.2) is 0 Å². The van der Waals surface area contributed by atoms with E-state index in [-0.39, 0.29) is 0 Å². The molecule has 0 fully saturated rings. The van der Waals surface area contributed by atoms with Crippen LogP contribution in [0.25, 0.3) is 0 Å². The van der Waals surface area contributed by atoms with Crippen LogP contribution in [0.5, 0.6) is 0 Å². The molecule has 0 saturated heterocycles. The molecule has 0 aliphatic heterocycles. The van der Waals surface area contributed by atoms with Gasteiger partial charge in [0.1, 0.15) is 0 Å². The van der Waals surface area contributed by atoms with E-state index >= 15 is 0 Å². The SMILES string of the molecule is CCCCCCCC[P](CCCCCCCC)[Ti]([CH](C)C)[P](CCCCCCCC)CCCCCCCC. The van der Waals surface area contributed by atoms with E-state index in [0.29, 0.717) is 11.8 Å². The molecule has 0 aromatic carbocycles. The van der Waals surface area contributed by atoms with Crippen LogP contribution < -0.4 is 0 Å². The van der Waals surface area contributed by atoms with E-state index in [2.05, 4.69) is 41.5 Å².